The van der Waals surface area contributed by atoms with Crippen molar-refractivity contribution in [3.8, 4) is 0 Å². The monoisotopic (exact) mass is 383 g/mol. The molecule has 0 unspecified atom stereocenters. The van der Waals surface area contributed by atoms with Gasteiger partial charge in [-0.3, -0.25) is 19.7 Å². The van der Waals surface area contributed by atoms with E-state index < -0.39 is 16.8 Å². The smallest absolute Gasteiger partial charge is 0.337 e. The molecule has 0 aromatic heterocycles. The highest BCUT2D eigenvalue weighted by molar-refractivity contribution is 6.03. The molecule has 144 valence electrons. The second-order valence-electron chi connectivity index (χ2n) is 6.24. The van der Waals surface area contributed by atoms with Gasteiger partial charge in [-0.2, -0.15) is 0 Å². The van der Waals surface area contributed by atoms with Gasteiger partial charge in [0.25, 0.3) is 5.69 Å². The summed E-state index contributed by atoms with van der Waals surface area (Å²) in [6.45, 7) is 0.183. The molecule has 2 aromatic carbocycles. The van der Waals surface area contributed by atoms with Crippen LogP contribution in [-0.2, 0) is 14.3 Å². The highest BCUT2D eigenvalue weighted by atomic mass is 16.6. The van der Waals surface area contributed by atoms with Crippen LogP contribution in [0.2, 0.25) is 0 Å². The first kappa shape index (κ1) is 19.0. The summed E-state index contributed by atoms with van der Waals surface area (Å²) in [5, 5.41) is 13.5. The van der Waals surface area contributed by atoms with Gasteiger partial charge in [-0.25, -0.2) is 4.79 Å². The SMILES string of the molecule is COC(=O)c1ccc(NC(=O)[C@@H]2CC(=O)N(c3ccc([N+](=O)[O-])cc3)C2)cc1. The van der Waals surface area contributed by atoms with Crippen molar-refractivity contribution in [2.75, 3.05) is 23.9 Å². The Morgan fingerprint density at radius 2 is 1.79 bits per heavy atom. The summed E-state index contributed by atoms with van der Waals surface area (Å²) >= 11 is 0. The lowest BCUT2D eigenvalue weighted by molar-refractivity contribution is -0.384. The quantitative estimate of drug-likeness (QED) is 0.481. The maximum atomic E-state index is 12.5. The summed E-state index contributed by atoms with van der Waals surface area (Å²) in [6.07, 6.45) is 0.0447. The summed E-state index contributed by atoms with van der Waals surface area (Å²) in [5.41, 5.74) is 1.30. The normalized spacial score (nSPS) is 16.0. The molecule has 1 N–H and O–H groups in total. The molecule has 3 rings (SSSR count). The minimum Gasteiger partial charge on any atom is -0.465 e. The fraction of sp³-hybridized carbons (Fsp3) is 0.211. The lowest BCUT2D eigenvalue weighted by atomic mass is 10.1. The van der Waals surface area contributed by atoms with Crippen LogP contribution < -0.4 is 10.2 Å². The Kier molecular flexibility index (Phi) is 5.35. The molecule has 1 heterocycles. The number of benzene rings is 2. The van der Waals surface area contributed by atoms with Crippen molar-refractivity contribution in [2.45, 2.75) is 6.42 Å². The Morgan fingerprint density at radius 1 is 1.14 bits per heavy atom. The van der Waals surface area contributed by atoms with Gasteiger partial charge >= 0.3 is 5.97 Å². The number of hydrogen-bond acceptors (Lipinski definition) is 6. The summed E-state index contributed by atoms with van der Waals surface area (Å²) in [4.78, 5) is 47.8. The summed E-state index contributed by atoms with van der Waals surface area (Å²) in [5.74, 6) is -1.57. The van der Waals surface area contributed by atoms with Gasteiger partial charge in [-0.05, 0) is 36.4 Å². The summed E-state index contributed by atoms with van der Waals surface area (Å²) in [6, 6.07) is 11.8. The fourth-order valence-electron chi connectivity index (χ4n) is 2.94. The second kappa shape index (κ2) is 7.87. The molecular weight excluding hydrogens is 366 g/mol. The lowest BCUT2D eigenvalue weighted by Gasteiger charge is -2.16. The van der Waals surface area contributed by atoms with Gasteiger partial charge < -0.3 is 15.0 Å². The Bertz CT molecular complexity index is 924. The van der Waals surface area contributed by atoms with Crippen LogP contribution in [0.15, 0.2) is 48.5 Å². The molecule has 0 radical (unpaired) electrons. The van der Waals surface area contributed by atoms with E-state index in [0.29, 0.717) is 16.9 Å². The number of nitrogens with zero attached hydrogens (tertiary/aromatic N) is 2. The fourth-order valence-corrected chi connectivity index (χ4v) is 2.94. The molecule has 2 aromatic rings. The molecule has 9 nitrogen and oxygen atoms in total. The number of carbonyl (C=O) groups is 3. The van der Waals surface area contributed by atoms with Gasteiger partial charge in [0.2, 0.25) is 11.8 Å². The molecular formula is C19H17N3O6. The highest BCUT2D eigenvalue weighted by Crippen LogP contribution is 2.27. The molecule has 1 fully saturated rings. The summed E-state index contributed by atoms with van der Waals surface area (Å²) in [7, 11) is 1.28. The Balaban J connectivity index is 1.65. The topological polar surface area (TPSA) is 119 Å². The van der Waals surface area contributed by atoms with Gasteiger partial charge in [0, 0.05) is 36.5 Å². The third kappa shape index (κ3) is 3.98. The first-order chi connectivity index (χ1) is 13.4. The van der Waals surface area contributed by atoms with Crippen molar-refractivity contribution in [1.82, 2.24) is 0 Å². The Morgan fingerprint density at radius 3 is 2.36 bits per heavy atom. The highest BCUT2D eigenvalue weighted by Gasteiger charge is 2.35. The Labute approximate surface area is 160 Å². The number of amides is 2. The number of esters is 1. The number of carbonyl (C=O) groups excluding carboxylic acids is 3. The number of non-ortho nitro benzene ring substituents is 1. The third-order valence-corrected chi connectivity index (χ3v) is 4.44. The second-order valence-corrected chi connectivity index (χ2v) is 6.24. The molecule has 1 atom stereocenters. The van der Waals surface area contributed by atoms with Gasteiger partial charge in [0.1, 0.15) is 0 Å². The van der Waals surface area contributed by atoms with Crippen LogP contribution in [0.3, 0.4) is 0 Å². The lowest BCUT2D eigenvalue weighted by Crippen LogP contribution is -2.28. The van der Waals surface area contributed by atoms with Crippen molar-refractivity contribution in [1.29, 1.82) is 0 Å². The van der Waals surface area contributed by atoms with Crippen LogP contribution in [0.5, 0.6) is 0 Å². The molecule has 0 spiro atoms. The van der Waals surface area contributed by atoms with E-state index in [1.54, 1.807) is 12.1 Å². The maximum Gasteiger partial charge on any atom is 0.337 e. The van der Waals surface area contributed by atoms with Crippen LogP contribution in [0, 0.1) is 16.0 Å². The molecule has 28 heavy (non-hydrogen) atoms. The number of methoxy groups -OCH3 is 1. The number of hydrogen-bond donors (Lipinski definition) is 1. The average molecular weight is 383 g/mol. The minimum atomic E-state index is -0.553. The van der Waals surface area contributed by atoms with Gasteiger partial charge in [-0.1, -0.05) is 0 Å². The van der Waals surface area contributed by atoms with Crippen molar-refractivity contribution in [2.24, 2.45) is 5.92 Å². The molecule has 2 amide bonds. The molecule has 1 aliphatic heterocycles. The van der Waals surface area contributed by atoms with Crippen molar-refractivity contribution in [3.05, 3.63) is 64.2 Å². The van der Waals surface area contributed by atoms with Gasteiger partial charge in [-0.15, -0.1) is 0 Å². The number of nitrogens with one attached hydrogen (secondary N) is 1. The zero-order valence-electron chi connectivity index (χ0n) is 15.0. The average Bonchev–Trinajstić information content (AvgIpc) is 3.10. The molecule has 0 saturated carbocycles. The first-order valence-corrected chi connectivity index (χ1v) is 8.43. The van der Waals surface area contributed by atoms with E-state index >= 15 is 0 Å². The van der Waals surface area contributed by atoms with Crippen LogP contribution in [0.4, 0.5) is 17.1 Å². The zero-order valence-corrected chi connectivity index (χ0v) is 15.0. The number of nitro benzene ring substituents is 1. The van der Waals surface area contributed by atoms with Gasteiger partial charge in [0.15, 0.2) is 0 Å². The predicted octanol–water partition coefficient (Wildman–Crippen LogP) is 2.37. The molecule has 1 saturated heterocycles. The first-order valence-electron chi connectivity index (χ1n) is 8.43. The van der Waals surface area contributed by atoms with E-state index in [1.807, 2.05) is 0 Å². The molecule has 0 aliphatic carbocycles. The van der Waals surface area contributed by atoms with Crippen LogP contribution >= 0.6 is 0 Å². The zero-order chi connectivity index (χ0) is 20.3. The predicted molar refractivity (Wildman–Crippen MR) is 100.0 cm³/mol. The minimum absolute atomic E-state index is 0.0447. The van der Waals surface area contributed by atoms with E-state index in [2.05, 4.69) is 10.1 Å². The maximum absolute atomic E-state index is 12.5. The molecule has 9 heteroatoms. The number of anilines is 2. The van der Waals surface area contributed by atoms with E-state index in [1.165, 1.54) is 48.4 Å². The summed E-state index contributed by atoms with van der Waals surface area (Å²) < 4.78 is 4.62. The third-order valence-electron chi connectivity index (χ3n) is 4.44. The molecule has 1 aliphatic rings. The van der Waals surface area contributed by atoms with E-state index in [0.717, 1.165) is 0 Å². The van der Waals surface area contributed by atoms with Crippen molar-refractivity contribution in [3.63, 3.8) is 0 Å². The largest absolute Gasteiger partial charge is 0.465 e. The van der Waals surface area contributed by atoms with Crippen molar-refractivity contribution < 1.29 is 24.0 Å². The number of nitro groups is 1. The number of rotatable bonds is 5. The number of ether oxygens (including phenoxy) is 1. The van der Waals surface area contributed by atoms with Gasteiger partial charge in [0.05, 0.1) is 23.5 Å². The van der Waals surface area contributed by atoms with Crippen molar-refractivity contribution >= 4 is 34.8 Å². The van der Waals surface area contributed by atoms with Crippen LogP contribution in [-0.4, -0.2) is 36.4 Å². The molecule has 0 bridgehead atoms. The Hall–Kier alpha value is -3.75. The van der Waals surface area contributed by atoms with Crippen LogP contribution in [0.1, 0.15) is 16.8 Å². The van der Waals surface area contributed by atoms with Crippen LogP contribution in [0.25, 0.3) is 0 Å². The van der Waals surface area contributed by atoms with E-state index in [9.17, 15) is 24.5 Å². The standard InChI is InChI=1S/C19H17N3O6/c1-28-19(25)12-2-4-14(5-3-12)20-18(24)13-10-17(23)21(11-13)15-6-8-16(9-7-15)22(26)27/h2-9,13H,10-11H2,1H3,(H,20,24)/t13-/m1/s1. The van der Waals surface area contributed by atoms with E-state index in [4.69, 9.17) is 0 Å². The van der Waals surface area contributed by atoms with E-state index in [-0.39, 0.29) is 30.5 Å².